The molecular weight excluding hydrogens is 227 g/mol. The van der Waals surface area contributed by atoms with Crippen LogP contribution in [0.25, 0.3) is 0 Å². The summed E-state index contributed by atoms with van der Waals surface area (Å²) < 4.78 is 18.7. The minimum atomic E-state index is -0.677. The first-order valence-corrected chi connectivity index (χ1v) is 5.36. The smallest absolute Gasteiger partial charge is 0.272 e. The molecule has 0 spiro atoms. The molecule has 1 aromatic rings. The summed E-state index contributed by atoms with van der Waals surface area (Å²) in [6, 6.07) is 2.30. The Morgan fingerprint density at radius 1 is 1.59 bits per heavy atom. The van der Waals surface area contributed by atoms with E-state index in [-0.39, 0.29) is 17.4 Å². The molecule has 1 atom stereocenters. The van der Waals surface area contributed by atoms with E-state index in [1.165, 1.54) is 13.2 Å². The molecule has 1 aromatic carbocycles. The van der Waals surface area contributed by atoms with Crippen molar-refractivity contribution in [1.29, 1.82) is 0 Å². The zero-order valence-corrected chi connectivity index (χ0v) is 9.40. The number of nitrogens with one attached hydrogen (secondary N) is 1. The van der Waals surface area contributed by atoms with Gasteiger partial charge >= 0.3 is 0 Å². The predicted octanol–water partition coefficient (Wildman–Crippen LogP) is 1.82. The van der Waals surface area contributed by atoms with Gasteiger partial charge in [-0.25, -0.2) is 4.39 Å². The lowest BCUT2D eigenvalue weighted by Crippen LogP contribution is -2.09. The fourth-order valence-electron chi connectivity index (χ4n) is 2.14. The van der Waals surface area contributed by atoms with Crippen molar-refractivity contribution < 1.29 is 14.1 Å². The van der Waals surface area contributed by atoms with Gasteiger partial charge in [-0.1, -0.05) is 0 Å². The van der Waals surface area contributed by atoms with E-state index >= 15 is 0 Å². The first-order valence-electron chi connectivity index (χ1n) is 5.36. The van der Waals surface area contributed by atoms with E-state index in [1.54, 1.807) is 0 Å². The van der Waals surface area contributed by atoms with Gasteiger partial charge in [0, 0.05) is 24.1 Å². The molecule has 0 aliphatic carbocycles. The number of hydrogen-bond acceptors (Lipinski definition) is 4. The number of rotatable bonds is 3. The number of nitro benzene ring substituents is 1. The van der Waals surface area contributed by atoms with E-state index in [4.69, 9.17) is 4.74 Å². The van der Waals surface area contributed by atoms with Crippen LogP contribution in [0, 0.1) is 15.9 Å². The monoisotopic (exact) mass is 240 g/mol. The molecule has 0 saturated carbocycles. The van der Waals surface area contributed by atoms with E-state index in [0.717, 1.165) is 19.0 Å². The first-order chi connectivity index (χ1) is 8.13. The molecule has 0 bridgehead atoms. The number of nitro groups is 1. The second kappa shape index (κ2) is 4.67. The molecule has 1 saturated heterocycles. The Labute approximate surface area is 97.7 Å². The highest BCUT2D eigenvalue weighted by atomic mass is 19.1. The van der Waals surface area contributed by atoms with Crippen LogP contribution in [0.5, 0.6) is 5.75 Å². The summed E-state index contributed by atoms with van der Waals surface area (Å²) >= 11 is 0. The van der Waals surface area contributed by atoms with Crippen molar-refractivity contribution >= 4 is 5.69 Å². The van der Waals surface area contributed by atoms with Crippen LogP contribution in [0.2, 0.25) is 0 Å². The third-order valence-electron chi connectivity index (χ3n) is 2.97. The molecule has 1 aliphatic rings. The van der Waals surface area contributed by atoms with Crippen molar-refractivity contribution in [3.63, 3.8) is 0 Å². The van der Waals surface area contributed by atoms with Gasteiger partial charge in [-0.05, 0) is 13.0 Å². The molecule has 6 heteroatoms. The van der Waals surface area contributed by atoms with Crippen molar-refractivity contribution in [3.05, 3.63) is 33.6 Å². The molecule has 92 valence electrons. The molecule has 1 heterocycles. The summed E-state index contributed by atoms with van der Waals surface area (Å²) in [4.78, 5) is 10.1. The molecule has 0 amide bonds. The van der Waals surface area contributed by atoms with Crippen molar-refractivity contribution in [2.75, 3.05) is 20.2 Å². The predicted molar refractivity (Wildman–Crippen MR) is 59.8 cm³/mol. The topological polar surface area (TPSA) is 64.4 Å². The molecule has 5 nitrogen and oxygen atoms in total. The van der Waals surface area contributed by atoms with Crippen molar-refractivity contribution in [1.82, 2.24) is 5.32 Å². The Balaban J connectivity index is 2.49. The van der Waals surface area contributed by atoms with Crippen LogP contribution < -0.4 is 10.1 Å². The highest BCUT2D eigenvalue weighted by molar-refractivity contribution is 5.47. The minimum Gasteiger partial charge on any atom is -0.493 e. The molecule has 2 rings (SSSR count). The van der Waals surface area contributed by atoms with Crippen LogP contribution in [-0.4, -0.2) is 25.1 Å². The minimum absolute atomic E-state index is 0.0688. The van der Waals surface area contributed by atoms with Gasteiger partial charge in [-0.3, -0.25) is 10.1 Å². The average molecular weight is 240 g/mol. The van der Waals surface area contributed by atoms with Gasteiger partial charge in [0.05, 0.1) is 18.1 Å². The Bertz CT molecular complexity index is 445. The molecular formula is C11H13FN2O3. The fourth-order valence-corrected chi connectivity index (χ4v) is 2.14. The van der Waals surface area contributed by atoms with Gasteiger partial charge in [0.2, 0.25) is 0 Å². The Morgan fingerprint density at radius 2 is 2.35 bits per heavy atom. The number of nitrogens with zero attached hydrogens (tertiary/aromatic N) is 1. The van der Waals surface area contributed by atoms with Crippen LogP contribution in [0.1, 0.15) is 17.9 Å². The zero-order valence-electron chi connectivity index (χ0n) is 9.40. The highest BCUT2D eigenvalue weighted by Crippen LogP contribution is 2.35. The summed E-state index contributed by atoms with van der Waals surface area (Å²) in [5.74, 6) is -0.493. The summed E-state index contributed by atoms with van der Waals surface area (Å²) in [7, 11) is 1.37. The number of methoxy groups -OCH3 is 1. The molecule has 1 unspecified atom stereocenters. The Morgan fingerprint density at radius 3 is 2.88 bits per heavy atom. The van der Waals surface area contributed by atoms with Crippen LogP contribution in [0.15, 0.2) is 12.1 Å². The van der Waals surface area contributed by atoms with Gasteiger partial charge in [-0.2, -0.15) is 0 Å². The van der Waals surface area contributed by atoms with Crippen molar-refractivity contribution in [3.8, 4) is 5.75 Å². The maximum Gasteiger partial charge on any atom is 0.272 e. The van der Waals surface area contributed by atoms with Crippen molar-refractivity contribution in [2.24, 2.45) is 0 Å². The lowest BCUT2D eigenvalue weighted by molar-refractivity contribution is -0.385. The van der Waals surface area contributed by atoms with E-state index in [9.17, 15) is 14.5 Å². The number of halogens is 1. The van der Waals surface area contributed by atoms with Gasteiger partial charge in [0.15, 0.2) is 11.6 Å². The fraction of sp³-hybridized carbons (Fsp3) is 0.455. The van der Waals surface area contributed by atoms with Crippen LogP contribution in [0.4, 0.5) is 10.1 Å². The SMILES string of the molecule is COc1c(F)cc([N+](=O)[O-])cc1C1CCNC1. The number of hydrogen-bond donors (Lipinski definition) is 1. The van der Waals surface area contributed by atoms with Crippen LogP contribution in [0.3, 0.4) is 0 Å². The van der Waals surface area contributed by atoms with Gasteiger partial charge < -0.3 is 10.1 Å². The highest BCUT2D eigenvalue weighted by Gasteiger charge is 2.25. The lowest BCUT2D eigenvalue weighted by Gasteiger charge is -2.14. The Kier molecular flexibility index (Phi) is 3.23. The first kappa shape index (κ1) is 11.8. The van der Waals surface area contributed by atoms with Gasteiger partial charge in [-0.15, -0.1) is 0 Å². The van der Waals surface area contributed by atoms with E-state index in [2.05, 4.69) is 5.32 Å². The zero-order chi connectivity index (χ0) is 12.4. The summed E-state index contributed by atoms with van der Waals surface area (Å²) in [6.45, 7) is 1.52. The van der Waals surface area contributed by atoms with Gasteiger partial charge in [0.25, 0.3) is 5.69 Å². The largest absolute Gasteiger partial charge is 0.493 e. The third kappa shape index (κ3) is 2.21. The van der Waals surface area contributed by atoms with Crippen LogP contribution >= 0.6 is 0 Å². The molecule has 0 radical (unpaired) electrons. The molecule has 17 heavy (non-hydrogen) atoms. The summed E-state index contributed by atoms with van der Waals surface area (Å²) in [5, 5.41) is 13.8. The number of non-ortho nitro benzene ring substituents is 1. The van der Waals surface area contributed by atoms with Crippen molar-refractivity contribution in [2.45, 2.75) is 12.3 Å². The molecule has 1 fully saturated rings. The second-order valence-electron chi connectivity index (χ2n) is 4.00. The second-order valence-corrected chi connectivity index (χ2v) is 4.00. The standard InChI is InChI=1S/C11H13FN2O3/c1-17-11-9(7-2-3-13-6-7)4-8(14(15)16)5-10(11)12/h4-5,7,13H,2-3,6H2,1H3. The number of benzene rings is 1. The third-order valence-corrected chi connectivity index (χ3v) is 2.97. The molecule has 1 N–H and O–H groups in total. The number of ether oxygens (including phenoxy) is 1. The normalized spacial score (nSPS) is 19.3. The quantitative estimate of drug-likeness (QED) is 0.646. The van der Waals surface area contributed by atoms with E-state index in [0.29, 0.717) is 12.1 Å². The molecule has 1 aliphatic heterocycles. The Hall–Kier alpha value is -1.69. The van der Waals surface area contributed by atoms with Gasteiger partial charge in [0.1, 0.15) is 0 Å². The summed E-state index contributed by atoms with van der Waals surface area (Å²) in [5.41, 5.74) is 0.342. The lowest BCUT2D eigenvalue weighted by atomic mass is 9.96. The van der Waals surface area contributed by atoms with E-state index < -0.39 is 10.7 Å². The maximum absolute atomic E-state index is 13.7. The molecule has 0 aromatic heterocycles. The average Bonchev–Trinajstić information content (AvgIpc) is 2.81. The van der Waals surface area contributed by atoms with Crippen LogP contribution in [-0.2, 0) is 0 Å². The maximum atomic E-state index is 13.7. The van der Waals surface area contributed by atoms with E-state index in [1.807, 2.05) is 0 Å². The summed E-state index contributed by atoms with van der Waals surface area (Å²) in [6.07, 6.45) is 0.830.